The summed E-state index contributed by atoms with van der Waals surface area (Å²) in [6, 6.07) is 10.6. The Morgan fingerprint density at radius 2 is 1.48 bits per heavy atom. The van der Waals surface area contributed by atoms with Gasteiger partial charge in [-0.25, -0.2) is 0 Å². The molecule has 0 aliphatic rings. The van der Waals surface area contributed by atoms with Crippen LogP contribution in [0.1, 0.15) is 38.2 Å². The highest BCUT2D eigenvalue weighted by molar-refractivity contribution is 9.09. The Hall–Kier alpha value is -1.28. The molecule has 0 N–H and O–H groups in total. The molecular weight excluding hydrogens is 324 g/mol. The van der Waals surface area contributed by atoms with Gasteiger partial charge in [0.05, 0.1) is 7.11 Å². The summed E-state index contributed by atoms with van der Waals surface area (Å²) < 4.78 is 5.22. The number of hydrogen-bond donors (Lipinski definition) is 0. The first-order valence-electron chi connectivity index (χ1n) is 7.28. The van der Waals surface area contributed by atoms with Crippen molar-refractivity contribution in [3.63, 3.8) is 0 Å². The van der Waals surface area contributed by atoms with Crippen molar-refractivity contribution in [1.29, 1.82) is 0 Å². The van der Waals surface area contributed by atoms with E-state index in [-0.39, 0.29) is 0 Å². The van der Waals surface area contributed by atoms with Gasteiger partial charge in [-0.3, -0.25) is 0 Å². The monoisotopic (exact) mass is 346 g/mol. The zero-order valence-electron chi connectivity index (χ0n) is 13.5. The first-order valence-corrected chi connectivity index (χ1v) is 8.20. The van der Waals surface area contributed by atoms with Gasteiger partial charge in [-0.1, -0.05) is 34.1 Å². The lowest BCUT2D eigenvalue weighted by Crippen LogP contribution is -2.04. The second-order valence-electron chi connectivity index (χ2n) is 5.69. The minimum absolute atomic E-state index is 0.337. The quantitative estimate of drug-likeness (QED) is 0.654. The number of halogens is 1. The van der Waals surface area contributed by atoms with E-state index in [0.29, 0.717) is 4.83 Å². The van der Waals surface area contributed by atoms with E-state index in [1.807, 2.05) is 12.1 Å². The van der Waals surface area contributed by atoms with Gasteiger partial charge < -0.3 is 4.74 Å². The van der Waals surface area contributed by atoms with Crippen molar-refractivity contribution in [2.24, 2.45) is 0 Å². The highest BCUT2D eigenvalue weighted by atomic mass is 79.9. The number of hydrogen-bond acceptors (Lipinski definition) is 1. The Balaban J connectivity index is 2.29. The molecule has 0 bridgehead atoms. The van der Waals surface area contributed by atoms with E-state index in [9.17, 15) is 0 Å². The molecule has 0 spiro atoms. The van der Waals surface area contributed by atoms with Crippen LogP contribution in [-0.4, -0.2) is 7.11 Å². The fourth-order valence-corrected chi connectivity index (χ4v) is 3.85. The minimum Gasteiger partial charge on any atom is -0.497 e. The second kappa shape index (κ2) is 6.65. The van der Waals surface area contributed by atoms with E-state index in [1.165, 1.54) is 33.4 Å². The first kappa shape index (κ1) is 16.1. The van der Waals surface area contributed by atoms with Crippen molar-refractivity contribution in [3.8, 4) is 5.75 Å². The zero-order chi connectivity index (χ0) is 15.6. The van der Waals surface area contributed by atoms with Crippen LogP contribution in [0.15, 0.2) is 30.3 Å². The van der Waals surface area contributed by atoms with Gasteiger partial charge in [0, 0.05) is 4.83 Å². The third-order valence-corrected chi connectivity index (χ3v) is 5.09. The summed E-state index contributed by atoms with van der Waals surface area (Å²) in [5.41, 5.74) is 8.28. The molecule has 2 aromatic carbocycles. The number of aryl methyl sites for hydroxylation is 2. The zero-order valence-corrected chi connectivity index (χ0v) is 15.0. The van der Waals surface area contributed by atoms with Gasteiger partial charge in [0.15, 0.2) is 0 Å². The normalized spacial score (nSPS) is 12.3. The molecule has 0 radical (unpaired) electrons. The van der Waals surface area contributed by atoms with Crippen molar-refractivity contribution in [1.82, 2.24) is 0 Å². The van der Waals surface area contributed by atoms with Crippen molar-refractivity contribution in [2.75, 3.05) is 7.11 Å². The molecule has 21 heavy (non-hydrogen) atoms. The van der Waals surface area contributed by atoms with E-state index < -0.39 is 0 Å². The standard InChI is InChI=1S/C19H23BrO/c1-12-10-13(2)15(4)19(14(12)3)18(20)11-16-6-8-17(21-5)9-7-16/h6-10,18H,11H2,1-5H3. The Morgan fingerprint density at radius 3 is 1.95 bits per heavy atom. The molecule has 0 saturated carbocycles. The molecule has 1 atom stereocenters. The van der Waals surface area contributed by atoms with Crippen LogP contribution in [0.3, 0.4) is 0 Å². The molecule has 0 fully saturated rings. The van der Waals surface area contributed by atoms with Crippen molar-refractivity contribution < 1.29 is 4.74 Å². The molecule has 2 rings (SSSR count). The largest absolute Gasteiger partial charge is 0.497 e. The van der Waals surface area contributed by atoms with E-state index in [1.54, 1.807) is 7.11 Å². The lowest BCUT2D eigenvalue weighted by Gasteiger charge is -2.20. The summed E-state index contributed by atoms with van der Waals surface area (Å²) >= 11 is 3.90. The third kappa shape index (κ3) is 3.49. The van der Waals surface area contributed by atoms with Crippen LogP contribution in [-0.2, 0) is 6.42 Å². The van der Waals surface area contributed by atoms with Crippen LogP contribution in [0.25, 0.3) is 0 Å². The maximum absolute atomic E-state index is 5.22. The molecule has 1 unspecified atom stereocenters. The van der Waals surface area contributed by atoms with Gasteiger partial charge in [0.2, 0.25) is 0 Å². The summed E-state index contributed by atoms with van der Waals surface area (Å²) in [7, 11) is 1.70. The Bertz CT molecular complexity index is 603. The predicted molar refractivity (Wildman–Crippen MR) is 93.8 cm³/mol. The Morgan fingerprint density at radius 1 is 0.952 bits per heavy atom. The summed E-state index contributed by atoms with van der Waals surface area (Å²) in [4.78, 5) is 0.337. The highest BCUT2D eigenvalue weighted by Crippen LogP contribution is 2.35. The Kier molecular flexibility index (Phi) is 5.10. The number of rotatable bonds is 4. The minimum atomic E-state index is 0.337. The van der Waals surface area contributed by atoms with Crippen LogP contribution in [0.2, 0.25) is 0 Å². The summed E-state index contributed by atoms with van der Waals surface area (Å²) in [6.07, 6.45) is 0.981. The fraction of sp³-hybridized carbons (Fsp3) is 0.368. The fourth-order valence-electron chi connectivity index (χ4n) is 2.79. The lowest BCUT2D eigenvalue weighted by atomic mass is 9.90. The summed E-state index contributed by atoms with van der Waals surface area (Å²) in [5, 5.41) is 0. The van der Waals surface area contributed by atoms with Crippen LogP contribution in [0.4, 0.5) is 0 Å². The molecule has 0 heterocycles. The maximum atomic E-state index is 5.22. The molecule has 0 aliphatic carbocycles. The molecule has 1 nitrogen and oxygen atoms in total. The molecule has 2 aromatic rings. The average Bonchev–Trinajstić information content (AvgIpc) is 2.46. The van der Waals surface area contributed by atoms with Crippen LogP contribution in [0.5, 0.6) is 5.75 Å². The first-order chi connectivity index (χ1) is 9.93. The number of benzene rings is 2. The lowest BCUT2D eigenvalue weighted by molar-refractivity contribution is 0.414. The molecule has 2 heteroatoms. The van der Waals surface area contributed by atoms with Gasteiger partial charge in [-0.2, -0.15) is 0 Å². The topological polar surface area (TPSA) is 9.23 Å². The molecule has 0 aliphatic heterocycles. The Labute approximate surface area is 136 Å². The molecule has 0 aromatic heterocycles. The van der Waals surface area contributed by atoms with E-state index >= 15 is 0 Å². The van der Waals surface area contributed by atoms with Crippen molar-refractivity contribution >= 4 is 15.9 Å². The predicted octanol–water partition coefficient (Wildman–Crippen LogP) is 5.61. The van der Waals surface area contributed by atoms with Gasteiger partial charge in [0.1, 0.15) is 5.75 Å². The molecular formula is C19H23BrO. The van der Waals surface area contributed by atoms with Crippen molar-refractivity contribution in [3.05, 3.63) is 63.7 Å². The maximum Gasteiger partial charge on any atom is 0.118 e. The highest BCUT2D eigenvalue weighted by Gasteiger charge is 2.16. The van der Waals surface area contributed by atoms with Gasteiger partial charge in [-0.05, 0) is 79.6 Å². The van der Waals surface area contributed by atoms with Crippen LogP contribution in [0, 0.1) is 27.7 Å². The smallest absolute Gasteiger partial charge is 0.118 e. The van der Waals surface area contributed by atoms with Gasteiger partial charge in [0.25, 0.3) is 0 Å². The SMILES string of the molecule is COc1ccc(CC(Br)c2c(C)c(C)cc(C)c2C)cc1. The van der Waals surface area contributed by atoms with Crippen molar-refractivity contribution in [2.45, 2.75) is 38.9 Å². The summed E-state index contributed by atoms with van der Waals surface area (Å²) in [6.45, 7) is 8.83. The van der Waals surface area contributed by atoms with E-state index in [0.717, 1.165) is 12.2 Å². The van der Waals surface area contributed by atoms with Gasteiger partial charge in [-0.15, -0.1) is 0 Å². The second-order valence-corrected chi connectivity index (χ2v) is 6.80. The number of methoxy groups -OCH3 is 1. The molecule has 0 amide bonds. The summed E-state index contributed by atoms with van der Waals surface area (Å²) in [5.74, 6) is 0.906. The molecule has 112 valence electrons. The van der Waals surface area contributed by atoms with E-state index in [4.69, 9.17) is 4.74 Å². The van der Waals surface area contributed by atoms with Gasteiger partial charge >= 0.3 is 0 Å². The average molecular weight is 347 g/mol. The van der Waals surface area contributed by atoms with E-state index in [2.05, 4.69) is 61.8 Å². The van der Waals surface area contributed by atoms with Crippen LogP contribution < -0.4 is 4.74 Å². The van der Waals surface area contributed by atoms with Crippen LogP contribution >= 0.6 is 15.9 Å². The number of alkyl halides is 1. The molecule has 0 saturated heterocycles. The number of ether oxygens (including phenoxy) is 1. The third-order valence-electron chi connectivity index (χ3n) is 4.31.